The molecule has 19 heavy (non-hydrogen) atoms. The van der Waals surface area contributed by atoms with Gasteiger partial charge in [-0.1, -0.05) is 11.2 Å². The van der Waals surface area contributed by atoms with Gasteiger partial charge in [0.05, 0.1) is 6.10 Å². The van der Waals surface area contributed by atoms with E-state index >= 15 is 0 Å². The highest BCUT2D eigenvalue weighted by Gasteiger charge is 2.20. The molecular weight excluding hydrogens is 244 g/mol. The molecule has 1 aromatic heterocycles. The number of rotatable bonds is 4. The van der Waals surface area contributed by atoms with Gasteiger partial charge < -0.3 is 20.6 Å². The molecule has 0 unspecified atom stereocenters. The normalized spacial score (nSPS) is 17.7. The van der Waals surface area contributed by atoms with Crippen molar-refractivity contribution in [2.45, 2.75) is 25.9 Å². The average molecular weight is 264 g/mol. The van der Waals surface area contributed by atoms with Crippen molar-refractivity contribution in [3.05, 3.63) is 23.9 Å². The largest absolute Gasteiger partial charge is 0.409 e. The van der Waals surface area contributed by atoms with Crippen LogP contribution in [0.1, 0.15) is 25.5 Å². The molecule has 6 nitrogen and oxygen atoms in total. The molecule has 0 amide bonds. The number of nitrogens with two attached hydrogens (primary N) is 1. The fraction of sp³-hybridized carbons (Fsp3) is 0.538. The lowest BCUT2D eigenvalue weighted by Crippen LogP contribution is -2.37. The van der Waals surface area contributed by atoms with Crippen LogP contribution in [0.15, 0.2) is 23.4 Å². The predicted molar refractivity (Wildman–Crippen MR) is 73.6 cm³/mol. The Morgan fingerprint density at radius 2 is 2.26 bits per heavy atom. The highest BCUT2D eigenvalue weighted by atomic mass is 16.5. The number of ether oxygens (including phenoxy) is 1. The number of oxime groups is 1. The van der Waals surface area contributed by atoms with E-state index in [1.54, 1.807) is 6.07 Å². The summed E-state index contributed by atoms with van der Waals surface area (Å²) in [7, 11) is 0. The van der Waals surface area contributed by atoms with E-state index in [-0.39, 0.29) is 5.84 Å². The zero-order valence-electron chi connectivity index (χ0n) is 11.1. The molecule has 1 aromatic rings. The number of hydrogen-bond donors (Lipinski definition) is 2. The first-order valence-electron chi connectivity index (χ1n) is 6.56. The van der Waals surface area contributed by atoms with Crippen LogP contribution < -0.4 is 10.6 Å². The van der Waals surface area contributed by atoms with Gasteiger partial charge in [0, 0.05) is 19.7 Å². The average Bonchev–Trinajstić information content (AvgIpc) is 2.48. The van der Waals surface area contributed by atoms with Gasteiger partial charge in [-0.3, -0.25) is 0 Å². The van der Waals surface area contributed by atoms with Gasteiger partial charge in [0.2, 0.25) is 0 Å². The van der Waals surface area contributed by atoms with Gasteiger partial charge in [-0.2, -0.15) is 0 Å². The summed E-state index contributed by atoms with van der Waals surface area (Å²) in [5.41, 5.74) is 6.05. The minimum absolute atomic E-state index is 0.0334. The molecule has 2 rings (SSSR count). The molecule has 1 aliphatic heterocycles. The molecule has 0 radical (unpaired) electrons. The second kappa shape index (κ2) is 6.38. The molecule has 104 valence electrons. The van der Waals surface area contributed by atoms with Crippen molar-refractivity contribution in [3.8, 4) is 0 Å². The Labute approximate surface area is 112 Å². The van der Waals surface area contributed by atoms with Crippen LogP contribution in [-0.2, 0) is 4.74 Å². The van der Waals surface area contributed by atoms with Crippen molar-refractivity contribution in [2.24, 2.45) is 10.9 Å². The highest BCUT2D eigenvalue weighted by Crippen LogP contribution is 2.19. The molecule has 0 bridgehead atoms. The monoisotopic (exact) mass is 264 g/mol. The Bertz CT molecular complexity index is 442. The first-order valence-corrected chi connectivity index (χ1v) is 6.56. The lowest BCUT2D eigenvalue weighted by Gasteiger charge is -2.32. The second-order valence-corrected chi connectivity index (χ2v) is 4.51. The maximum Gasteiger partial charge on any atom is 0.188 e. The third-order valence-corrected chi connectivity index (χ3v) is 3.27. The summed E-state index contributed by atoms with van der Waals surface area (Å²) < 4.78 is 5.63. The van der Waals surface area contributed by atoms with Crippen molar-refractivity contribution in [2.75, 3.05) is 24.6 Å². The van der Waals surface area contributed by atoms with E-state index in [1.807, 2.05) is 19.1 Å². The molecule has 1 fully saturated rings. The first-order chi connectivity index (χ1) is 9.24. The van der Waals surface area contributed by atoms with Crippen LogP contribution >= 0.6 is 0 Å². The van der Waals surface area contributed by atoms with Crippen LogP contribution in [0.2, 0.25) is 0 Å². The molecular formula is C13H20N4O2. The summed E-state index contributed by atoms with van der Waals surface area (Å²) in [4.78, 5) is 6.61. The minimum atomic E-state index is 0.0334. The number of hydrogen-bond acceptors (Lipinski definition) is 5. The van der Waals surface area contributed by atoms with Crippen molar-refractivity contribution in [3.63, 3.8) is 0 Å². The molecule has 0 spiro atoms. The van der Waals surface area contributed by atoms with E-state index in [0.717, 1.165) is 38.4 Å². The third kappa shape index (κ3) is 3.35. The van der Waals surface area contributed by atoms with Crippen molar-refractivity contribution >= 4 is 11.7 Å². The van der Waals surface area contributed by atoms with Crippen LogP contribution in [0.4, 0.5) is 5.82 Å². The molecule has 1 saturated heterocycles. The number of piperidine rings is 1. The SMILES string of the molecule is CCOC1CCN(c2cccc(C(N)=NO)n2)CC1. The molecule has 2 heterocycles. The fourth-order valence-electron chi connectivity index (χ4n) is 2.28. The van der Waals surface area contributed by atoms with E-state index in [1.165, 1.54) is 0 Å². The van der Waals surface area contributed by atoms with E-state index in [2.05, 4.69) is 15.0 Å². The maximum absolute atomic E-state index is 8.68. The van der Waals surface area contributed by atoms with E-state index in [0.29, 0.717) is 11.8 Å². The van der Waals surface area contributed by atoms with Gasteiger partial charge >= 0.3 is 0 Å². The van der Waals surface area contributed by atoms with Crippen molar-refractivity contribution in [1.29, 1.82) is 0 Å². The number of nitrogens with zero attached hydrogens (tertiary/aromatic N) is 3. The molecule has 0 saturated carbocycles. The lowest BCUT2D eigenvalue weighted by molar-refractivity contribution is 0.0458. The zero-order chi connectivity index (χ0) is 13.7. The molecule has 0 aliphatic carbocycles. The molecule has 0 atom stereocenters. The Balaban J connectivity index is 2.03. The Kier molecular flexibility index (Phi) is 4.57. The second-order valence-electron chi connectivity index (χ2n) is 4.51. The maximum atomic E-state index is 8.68. The van der Waals surface area contributed by atoms with Gasteiger partial charge in [0.25, 0.3) is 0 Å². The van der Waals surface area contributed by atoms with Crippen LogP contribution in [0.25, 0.3) is 0 Å². The number of anilines is 1. The number of aromatic nitrogens is 1. The third-order valence-electron chi connectivity index (χ3n) is 3.27. The molecule has 0 aromatic carbocycles. The van der Waals surface area contributed by atoms with Crippen molar-refractivity contribution < 1.29 is 9.94 Å². The Hall–Kier alpha value is -1.82. The molecule has 3 N–H and O–H groups in total. The van der Waals surface area contributed by atoms with Gasteiger partial charge in [0.15, 0.2) is 5.84 Å². The smallest absolute Gasteiger partial charge is 0.188 e. The van der Waals surface area contributed by atoms with Crippen LogP contribution in [-0.4, -0.2) is 41.8 Å². The highest BCUT2D eigenvalue weighted by molar-refractivity contribution is 5.95. The van der Waals surface area contributed by atoms with E-state index in [9.17, 15) is 0 Å². The quantitative estimate of drug-likeness (QED) is 0.369. The zero-order valence-corrected chi connectivity index (χ0v) is 11.1. The van der Waals surface area contributed by atoms with Gasteiger partial charge in [-0.15, -0.1) is 0 Å². The van der Waals surface area contributed by atoms with E-state index < -0.39 is 0 Å². The Morgan fingerprint density at radius 3 is 2.89 bits per heavy atom. The lowest BCUT2D eigenvalue weighted by atomic mass is 10.1. The summed E-state index contributed by atoms with van der Waals surface area (Å²) in [6.07, 6.45) is 2.36. The summed E-state index contributed by atoms with van der Waals surface area (Å²) >= 11 is 0. The molecule has 6 heteroatoms. The topological polar surface area (TPSA) is 84.0 Å². The van der Waals surface area contributed by atoms with Crippen LogP contribution in [0.3, 0.4) is 0 Å². The summed E-state index contributed by atoms with van der Waals surface area (Å²) in [6, 6.07) is 5.53. The molecule has 1 aliphatic rings. The first kappa shape index (κ1) is 13.6. The van der Waals surface area contributed by atoms with E-state index in [4.69, 9.17) is 15.7 Å². The van der Waals surface area contributed by atoms with Gasteiger partial charge in [-0.25, -0.2) is 4.98 Å². The minimum Gasteiger partial charge on any atom is -0.409 e. The number of amidine groups is 1. The Morgan fingerprint density at radius 1 is 1.53 bits per heavy atom. The van der Waals surface area contributed by atoms with Crippen molar-refractivity contribution in [1.82, 2.24) is 4.98 Å². The van der Waals surface area contributed by atoms with Gasteiger partial charge in [-0.05, 0) is 31.9 Å². The predicted octanol–water partition coefficient (Wildman–Crippen LogP) is 1.18. The number of pyridine rings is 1. The van der Waals surface area contributed by atoms with Crippen LogP contribution in [0, 0.1) is 0 Å². The fourth-order valence-corrected chi connectivity index (χ4v) is 2.28. The van der Waals surface area contributed by atoms with Crippen LogP contribution in [0.5, 0.6) is 0 Å². The van der Waals surface area contributed by atoms with Gasteiger partial charge in [0.1, 0.15) is 11.5 Å². The standard InChI is InChI=1S/C13H20N4O2/c1-2-19-10-6-8-17(9-7-10)12-5-3-4-11(15-12)13(14)16-18/h3-5,10,18H,2,6-9H2,1H3,(H2,14,16). The summed E-state index contributed by atoms with van der Waals surface area (Å²) in [5, 5.41) is 11.7. The summed E-state index contributed by atoms with van der Waals surface area (Å²) in [5.74, 6) is 0.894. The summed E-state index contributed by atoms with van der Waals surface area (Å²) in [6.45, 7) is 4.62.